The Morgan fingerprint density at radius 3 is 2.76 bits per heavy atom. The maximum Gasteiger partial charge on any atom is 0.287 e. The highest BCUT2D eigenvalue weighted by Gasteiger charge is 2.10. The largest absolute Gasteiger partial charge is 0.478 e. The molecule has 1 amide bonds. The highest BCUT2D eigenvalue weighted by Crippen LogP contribution is 2.18. The maximum atomic E-state index is 13.3. The average molecular weight is 341 g/mol. The van der Waals surface area contributed by atoms with Crippen molar-refractivity contribution in [2.75, 3.05) is 13.2 Å². The van der Waals surface area contributed by atoms with Crippen LogP contribution in [0.4, 0.5) is 8.78 Å². The summed E-state index contributed by atoms with van der Waals surface area (Å²) >= 11 is 0. The molecule has 0 fully saturated rings. The average Bonchev–Trinajstić information content (AvgIpc) is 3.03. The first-order chi connectivity index (χ1) is 12.1. The van der Waals surface area contributed by atoms with Gasteiger partial charge in [0.05, 0.1) is 6.54 Å². The highest BCUT2D eigenvalue weighted by atomic mass is 19.1. The minimum atomic E-state index is -0.792. The van der Waals surface area contributed by atoms with Crippen LogP contribution < -0.4 is 10.1 Å². The third-order valence-corrected chi connectivity index (χ3v) is 3.31. The van der Waals surface area contributed by atoms with Crippen LogP contribution in [-0.4, -0.2) is 19.1 Å². The standard InChI is InChI=1S/C19H13F2NO3/c20-14-7-8-17(15(21)12-14)24-10-4-3-9-22-19(23)18-11-13-5-1-2-6-16(13)25-18/h1-2,5-8,11-12H,9-10H2,(H,22,23). The van der Waals surface area contributed by atoms with Crippen molar-refractivity contribution in [2.45, 2.75) is 0 Å². The lowest BCUT2D eigenvalue weighted by Crippen LogP contribution is -2.23. The molecule has 1 heterocycles. The Morgan fingerprint density at radius 1 is 1.12 bits per heavy atom. The molecule has 0 radical (unpaired) electrons. The number of carbonyl (C=O) groups excluding carboxylic acids is 1. The summed E-state index contributed by atoms with van der Waals surface area (Å²) in [6, 6.07) is 12.0. The fourth-order valence-corrected chi connectivity index (χ4v) is 2.12. The number of amides is 1. The molecule has 0 spiro atoms. The lowest BCUT2D eigenvalue weighted by molar-refractivity contribution is 0.0933. The first-order valence-corrected chi connectivity index (χ1v) is 7.44. The number of hydrogen-bond donors (Lipinski definition) is 1. The number of rotatable bonds is 4. The fourth-order valence-electron chi connectivity index (χ4n) is 2.12. The van der Waals surface area contributed by atoms with E-state index in [0.717, 1.165) is 17.5 Å². The molecule has 0 aliphatic rings. The van der Waals surface area contributed by atoms with Crippen molar-refractivity contribution in [1.82, 2.24) is 5.32 Å². The molecule has 2 aromatic carbocycles. The quantitative estimate of drug-likeness (QED) is 0.739. The van der Waals surface area contributed by atoms with Crippen molar-refractivity contribution >= 4 is 16.9 Å². The summed E-state index contributed by atoms with van der Waals surface area (Å²) in [5.74, 6) is 3.58. The van der Waals surface area contributed by atoms with E-state index < -0.39 is 11.6 Å². The van der Waals surface area contributed by atoms with E-state index in [1.807, 2.05) is 18.2 Å². The van der Waals surface area contributed by atoms with Gasteiger partial charge in [0.25, 0.3) is 5.91 Å². The van der Waals surface area contributed by atoms with Crippen LogP contribution in [0.2, 0.25) is 0 Å². The first kappa shape index (κ1) is 16.5. The molecule has 3 rings (SSSR count). The Morgan fingerprint density at radius 2 is 1.96 bits per heavy atom. The first-order valence-electron chi connectivity index (χ1n) is 7.44. The Balaban J connectivity index is 1.48. The second-order valence-corrected chi connectivity index (χ2v) is 5.05. The van der Waals surface area contributed by atoms with Gasteiger partial charge in [-0.05, 0) is 24.3 Å². The van der Waals surface area contributed by atoms with E-state index in [4.69, 9.17) is 9.15 Å². The van der Waals surface area contributed by atoms with E-state index >= 15 is 0 Å². The SMILES string of the molecule is O=C(NCC#CCOc1ccc(F)cc1F)c1cc2ccccc2o1. The van der Waals surface area contributed by atoms with Crippen LogP contribution >= 0.6 is 0 Å². The maximum absolute atomic E-state index is 13.3. The minimum absolute atomic E-state index is 0.0803. The van der Waals surface area contributed by atoms with Crippen LogP contribution in [0.15, 0.2) is 52.9 Å². The van der Waals surface area contributed by atoms with Gasteiger partial charge in [-0.25, -0.2) is 8.78 Å². The molecule has 3 aromatic rings. The van der Waals surface area contributed by atoms with Crippen LogP contribution in [0, 0.1) is 23.5 Å². The van der Waals surface area contributed by atoms with E-state index in [1.54, 1.807) is 12.1 Å². The number of benzene rings is 2. The number of ether oxygens (including phenoxy) is 1. The van der Waals surface area contributed by atoms with E-state index in [1.165, 1.54) is 6.07 Å². The molecule has 0 atom stereocenters. The number of furan rings is 1. The molecule has 0 bridgehead atoms. The summed E-state index contributed by atoms with van der Waals surface area (Å²) in [5, 5.41) is 3.43. The van der Waals surface area contributed by atoms with E-state index in [-0.39, 0.29) is 30.6 Å². The molecular formula is C19H13F2NO3. The number of halogens is 2. The van der Waals surface area contributed by atoms with Crippen LogP contribution in [0.5, 0.6) is 5.75 Å². The summed E-state index contributed by atoms with van der Waals surface area (Å²) < 4.78 is 36.6. The lowest BCUT2D eigenvalue weighted by atomic mass is 10.2. The molecule has 1 aromatic heterocycles. The highest BCUT2D eigenvalue weighted by molar-refractivity contribution is 5.96. The van der Waals surface area contributed by atoms with Gasteiger partial charge < -0.3 is 14.5 Å². The zero-order valence-corrected chi connectivity index (χ0v) is 13.0. The lowest BCUT2D eigenvalue weighted by Gasteiger charge is -2.02. The van der Waals surface area contributed by atoms with Gasteiger partial charge in [-0.3, -0.25) is 4.79 Å². The predicted octanol–water partition coefficient (Wildman–Crippen LogP) is 3.52. The Hall–Kier alpha value is -3.33. The third kappa shape index (κ3) is 4.15. The van der Waals surface area contributed by atoms with E-state index in [2.05, 4.69) is 17.2 Å². The monoisotopic (exact) mass is 341 g/mol. The van der Waals surface area contributed by atoms with Gasteiger partial charge in [0.15, 0.2) is 17.3 Å². The normalized spacial score (nSPS) is 10.2. The van der Waals surface area contributed by atoms with Crippen molar-refractivity contribution in [3.8, 4) is 17.6 Å². The smallest absolute Gasteiger partial charge is 0.287 e. The summed E-state index contributed by atoms with van der Waals surface area (Å²) in [5.41, 5.74) is 0.633. The topological polar surface area (TPSA) is 51.5 Å². The molecular weight excluding hydrogens is 328 g/mol. The van der Waals surface area contributed by atoms with Gasteiger partial charge in [0, 0.05) is 11.5 Å². The van der Waals surface area contributed by atoms with Gasteiger partial charge >= 0.3 is 0 Å². The zero-order valence-electron chi connectivity index (χ0n) is 13.0. The number of nitrogens with one attached hydrogen (secondary N) is 1. The van der Waals surface area contributed by atoms with Crippen molar-refractivity contribution < 1.29 is 22.7 Å². The summed E-state index contributed by atoms with van der Waals surface area (Å²) in [6.45, 7) is 0.00813. The van der Waals surface area contributed by atoms with Gasteiger partial charge in [-0.15, -0.1) is 0 Å². The van der Waals surface area contributed by atoms with Gasteiger partial charge in [0.2, 0.25) is 0 Å². The number of carbonyl (C=O) groups is 1. The van der Waals surface area contributed by atoms with Crippen molar-refractivity contribution in [3.05, 3.63) is 65.9 Å². The van der Waals surface area contributed by atoms with E-state index in [0.29, 0.717) is 5.58 Å². The fraction of sp³-hybridized carbons (Fsp3) is 0.105. The molecule has 0 aliphatic carbocycles. The van der Waals surface area contributed by atoms with E-state index in [9.17, 15) is 13.6 Å². The van der Waals surface area contributed by atoms with Gasteiger partial charge in [0.1, 0.15) is 18.0 Å². The van der Waals surface area contributed by atoms with Crippen molar-refractivity contribution in [3.63, 3.8) is 0 Å². The van der Waals surface area contributed by atoms with Crippen LogP contribution in [0.1, 0.15) is 10.6 Å². The summed E-state index contributed by atoms with van der Waals surface area (Å²) in [4.78, 5) is 12.0. The zero-order chi connectivity index (χ0) is 17.6. The third-order valence-electron chi connectivity index (χ3n) is 3.31. The molecule has 126 valence electrons. The molecule has 0 aliphatic heterocycles. The predicted molar refractivity (Wildman–Crippen MR) is 88.2 cm³/mol. The molecule has 6 heteroatoms. The van der Waals surface area contributed by atoms with Crippen LogP contribution in [0.25, 0.3) is 11.0 Å². The Kier molecular flexibility index (Phi) is 4.95. The second-order valence-electron chi connectivity index (χ2n) is 5.05. The molecule has 4 nitrogen and oxygen atoms in total. The molecule has 1 N–H and O–H groups in total. The van der Waals surface area contributed by atoms with Crippen LogP contribution in [0.3, 0.4) is 0 Å². The molecule has 0 saturated carbocycles. The summed E-state index contributed by atoms with van der Waals surface area (Å²) in [7, 11) is 0. The Bertz CT molecular complexity index is 936. The van der Waals surface area contributed by atoms with Crippen molar-refractivity contribution in [2.24, 2.45) is 0 Å². The summed E-state index contributed by atoms with van der Waals surface area (Å²) in [6.07, 6.45) is 0. The van der Waals surface area contributed by atoms with Crippen LogP contribution in [-0.2, 0) is 0 Å². The molecule has 0 unspecified atom stereocenters. The number of hydrogen-bond acceptors (Lipinski definition) is 3. The second kappa shape index (κ2) is 7.49. The minimum Gasteiger partial charge on any atom is -0.478 e. The number of para-hydroxylation sites is 1. The van der Waals surface area contributed by atoms with Gasteiger partial charge in [-0.1, -0.05) is 30.0 Å². The van der Waals surface area contributed by atoms with Crippen molar-refractivity contribution in [1.29, 1.82) is 0 Å². The molecule has 25 heavy (non-hydrogen) atoms. The molecule has 0 saturated heterocycles. The Labute approximate surface area is 142 Å². The number of fused-ring (bicyclic) bond motifs is 1. The van der Waals surface area contributed by atoms with Gasteiger partial charge in [-0.2, -0.15) is 0 Å².